The Balaban J connectivity index is 2.07. The molecule has 0 heterocycles. The molecular formula is C26H30Si. The maximum Gasteiger partial charge on any atom is 0.172 e. The van der Waals surface area contributed by atoms with E-state index < -0.39 is 8.07 Å². The van der Waals surface area contributed by atoms with E-state index >= 15 is 0 Å². The topological polar surface area (TPSA) is 0 Å². The normalized spacial score (nSPS) is 11.7. The van der Waals surface area contributed by atoms with Gasteiger partial charge in [-0.2, -0.15) is 0 Å². The molecule has 27 heavy (non-hydrogen) atoms. The molecule has 0 aliphatic heterocycles. The third-order valence-electron chi connectivity index (χ3n) is 5.28. The Morgan fingerprint density at radius 1 is 0.593 bits per heavy atom. The number of unbranched alkanes of at least 4 members (excludes halogenated alkanes) is 4. The third-order valence-corrected chi connectivity index (χ3v) is 9.75. The number of allylic oxidation sites excluding steroid dienone is 1. The molecule has 0 nitrogen and oxygen atoms in total. The molecule has 0 saturated carbocycles. The predicted molar refractivity (Wildman–Crippen MR) is 122 cm³/mol. The van der Waals surface area contributed by atoms with Crippen molar-refractivity contribution >= 4 is 23.6 Å². The van der Waals surface area contributed by atoms with Gasteiger partial charge in [0.2, 0.25) is 0 Å². The lowest BCUT2D eigenvalue weighted by Crippen LogP contribution is -2.66. The van der Waals surface area contributed by atoms with Crippen molar-refractivity contribution in [3.8, 4) is 0 Å². The first-order chi connectivity index (χ1) is 13.4. The lowest BCUT2D eigenvalue weighted by molar-refractivity contribution is 0.674. The molecule has 0 saturated heterocycles. The zero-order valence-electron chi connectivity index (χ0n) is 16.4. The van der Waals surface area contributed by atoms with Gasteiger partial charge in [0, 0.05) is 0 Å². The van der Waals surface area contributed by atoms with Crippen LogP contribution in [0, 0.1) is 0 Å². The van der Waals surface area contributed by atoms with Crippen LogP contribution in [0.1, 0.15) is 39.0 Å². The van der Waals surface area contributed by atoms with E-state index in [9.17, 15) is 0 Å². The molecule has 0 atom stereocenters. The van der Waals surface area contributed by atoms with E-state index in [1.165, 1.54) is 47.7 Å². The highest BCUT2D eigenvalue weighted by Gasteiger charge is 2.36. The maximum absolute atomic E-state index is 2.57. The van der Waals surface area contributed by atoms with Crippen molar-refractivity contribution < 1.29 is 0 Å². The van der Waals surface area contributed by atoms with E-state index in [-0.39, 0.29) is 0 Å². The number of hydrogen-bond donors (Lipinski definition) is 0. The van der Waals surface area contributed by atoms with E-state index in [1.807, 2.05) is 0 Å². The summed E-state index contributed by atoms with van der Waals surface area (Å²) in [6.07, 6.45) is 8.87. The first-order valence-electron chi connectivity index (χ1n) is 10.2. The fourth-order valence-corrected chi connectivity index (χ4v) is 8.09. The molecule has 0 N–H and O–H groups in total. The summed E-state index contributed by atoms with van der Waals surface area (Å²) < 4.78 is 0. The van der Waals surface area contributed by atoms with Gasteiger partial charge in [-0.25, -0.2) is 0 Å². The van der Waals surface area contributed by atoms with Crippen LogP contribution < -0.4 is 15.6 Å². The average Bonchev–Trinajstić information content (AvgIpc) is 2.75. The summed E-state index contributed by atoms with van der Waals surface area (Å²) in [5.74, 6) is 0. The molecule has 138 valence electrons. The van der Waals surface area contributed by atoms with Gasteiger partial charge < -0.3 is 0 Å². The summed E-state index contributed by atoms with van der Waals surface area (Å²) in [7, 11) is -2.17. The molecule has 0 aliphatic carbocycles. The standard InChI is InChI=1S/C26H30Si/c1-2-3-4-5-6-16-23-27(24-17-10-7-11-18-24,25-19-12-8-13-20-25)26-21-14-9-15-22-26/h7-23H,2-6H2,1H3/b23-16+. The molecule has 0 amide bonds. The quantitative estimate of drug-likeness (QED) is 0.275. The Morgan fingerprint density at radius 2 is 1.04 bits per heavy atom. The molecule has 3 aromatic rings. The summed E-state index contributed by atoms with van der Waals surface area (Å²) in [6.45, 7) is 2.27. The van der Waals surface area contributed by atoms with E-state index in [0.717, 1.165) is 0 Å². The Labute approximate surface area is 165 Å². The smallest absolute Gasteiger partial charge is 0.0914 e. The minimum Gasteiger partial charge on any atom is -0.0914 e. The summed E-state index contributed by atoms with van der Waals surface area (Å²) in [6, 6.07) is 33.3. The van der Waals surface area contributed by atoms with Crippen LogP contribution in [0.15, 0.2) is 103 Å². The van der Waals surface area contributed by atoms with Gasteiger partial charge in [0.05, 0.1) is 0 Å². The fraction of sp³-hybridized carbons (Fsp3) is 0.231. The number of rotatable bonds is 9. The van der Waals surface area contributed by atoms with Crippen LogP contribution >= 0.6 is 0 Å². The summed E-state index contributed by atoms with van der Waals surface area (Å²) in [5, 5.41) is 4.35. The van der Waals surface area contributed by atoms with Gasteiger partial charge in [-0.1, -0.05) is 129 Å². The predicted octanol–water partition coefficient (Wildman–Crippen LogP) is 5.22. The number of hydrogen-bond acceptors (Lipinski definition) is 0. The fourth-order valence-electron chi connectivity index (χ4n) is 3.84. The Bertz CT molecular complexity index is 710. The van der Waals surface area contributed by atoms with Crippen molar-refractivity contribution in [3.05, 3.63) is 103 Å². The van der Waals surface area contributed by atoms with Crippen LogP contribution in [0.4, 0.5) is 0 Å². The van der Waals surface area contributed by atoms with Crippen LogP contribution in [0.25, 0.3) is 0 Å². The summed E-state index contributed by atoms with van der Waals surface area (Å²) in [5.41, 5.74) is 2.57. The second-order valence-corrected chi connectivity index (χ2v) is 10.8. The van der Waals surface area contributed by atoms with Crippen LogP contribution in [-0.2, 0) is 0 Å². The van der Waals surface area contributed by atoms with Crippen molar-refractivity contribution in [2.45, 2.75) is 39.0 Å². The van der Waals surface area contributed by atoms with Gasteiger partial charge in [0.15, 0.2) is 8.07 Å². The number of benzene rings is 3. The van der Waals surface area contributed by atoms with Crippen LogP contribution in [0.5, 0.6) is 0 Å². The largest absolute Gasteiger partial charge is 0.172 e. The van der Waals surface area contributed by atoms with E-state index in [4.69, 9.17) is 0 Å². The second kappa shape index (κ2) is 10.1. The van der Waals surface area contributed by atoms with Gasteiger partial charge in [-0.05, 0) is 28.4 Å². The Kier molecular flexibility index (Phi) is 7.24. The van der Waals surface area contributed by atoms with E-state index in [1.54, 1.807) is 0 Å². The SMILES string of the molecule is CCCCCC/C=C/[Si](c1ccccc1)(c1ccccc1)c1ccccc1. The van der Waals surface area contributed by atoms with E-state index in [0.29, 0.717) is 0 Å². The van der Waals surface area contributed by atoms with Gasteiger partial charge in [-0.15, -0.1) is 0 Å². The molecule has 0 spiro atoms. The van der Waals surface area contributed by atoms with Crippen LogP contribution in [0.3, 0.4) is 0 Å². The molecule has 0 aromatic heterocycles. The average molecular weight is 371 g/mol. The van der Waals surface area contributed by atoms with Gasteiger partial charge in [0.1, 0.15) is 0 Å². The first-order valence-corrected chi connectivity index (χ1v) is 12.3. The maximum atomic E-state index is 2.57. The van der Waals surface area contributed by atoms with Crippen molar-refractivity contribution in [2.75, 3.05) is 0 Å². The lowest BCUT2D eigenvalue weighted by atomic mass is 10.2. The lowest BCUT2D eigenvalue weighted by Gasteiger charge is -2.30. The van der Waals surface area contributed by atoms with Crippen molar-refractivity contribution in [3.63, 3.8) is 0 Å². The van der Waals surface area contributed by atoms with E-state index in [2.05, 4.69) is 110 Å². The Morgan fingerprint density at radius 3 is 1.44 bits per heavy atom. The summed E-state index contributed by atoms with van der Waals surface area (Å²) in [4.78, 5) is 0. The molecule has 0 fully saturated rings. The molecule has 0 radical (unpaired) electrons. The minimum atomic E-state index is -2.17. The molecule has 0 unspecified atom stereocenters. The zero-order valence-corrected chi connectivity index (χ0v) is 17.4. The highest BCUT2D eigenvalue weighted by molar-refractivity contribution is 7.14. The minimum absolute atomic E-state index is 1.17. The molecule has 0 bridgehead atoms. The zero-order chi connectivity index (χ0) is 18.8. The molecule has 3 rings (SSSR count). The molecule has 1 heteroatoms. The monoisotopic (exact) mass is 370 g/mol. The van der Waals surface area contributed by atoms with Gasteiger partial charge >= 0.3 is 0 Å². The van der Waals surface area contributed by atoms with Crippen molar-refractivity contribution in [1.82, 2.24) is 0 Å². The Hall–Kier alpha value is -2.38. The highest BCUT2D eigenvalue weighted by atomic mass is 28.3. The summed E-state index contributed by atoms with van der Waals surface area (Å²) >= 11 is 0. The third kappa shape index (κ3) is 4.67. The van der Waals surface area contributed by atoms with Gasteiger partial charge in [0.25, 0.3) is 0 Å². The molecule has 3 aromatic carbocycles. The van der Waals surface area contributed by atoms with Crippen LogP contribution in [-0.4, -0.2) is 8.07 Å². The van der Waals surface area contributed by atoms with Crippen molar-refractivity contribution in [1.29, 1.82) is 0 Å². The molecular weight excluding hydrogens is 340 g/mol. The highest BCUT2D eigenvalue weighted by Crippen LogP contribution is 2.11. The van der Waals surface area contributed by atoms with Crippen LogP contribution in [0.2, 0.25) is 0 Å². The van der Waals surface area contributed by atoms with Crippen molar-refractivity contribution in [2.24, 2.45) is 0 Å². The van der Waals surface area contributed by atoms with Gasteiger partial charge in [-0.3, -0.25) is 0 Å². The molecule has 0 aliphatic rings. The first kappa shape index (κ1) is 19.4. The second-order valence-electron chi connectivity index (χ2n) is 7.16.